The smallest absolute Gasteiger partial charge is 0.338 e. The molecule has 0 amide bonds. The summed E-state index contributed by atoms with van der Waals surface area (Å²) in [5.74, 6) is -8.27. The second kappa shape index (κ2) is 26.3. The van der Waals surface area contributed by atoms with Crippen LogP contribution in [0.4, 0.5) is 0 Å². The van der Waals surface area contributed by atoms with Crippen LogP contribution in [0.1, 0.15) is 69.1 Å². The van der Waals surface area contributed by atoms with E-state index in [9.17, 15) is 35.4 Å². The Bertz CT molecular complexity index is 1610. The van der Waals surface area contributed by atoms with Gasteiger partial charge in [-0.2, -0.15) is 0 Å². The molecule has 0 bridgehead atoms. The molecule has 0 aliphatic carbocycles. The minimum atomic E-state index is -0.946. The fourth-order valence-corrected chi connectivity index (χ4v) is 3.43. The number of rotatable bonds is 3. The van der Waals surface area contributed by atoms with Crippen molar-refractivity contribution in [3.63, 3.8) is 0 Å². The van der Waals surface area contributed by atoms with E-state index in [1.807, 2.05) is 0 Å². The second-order valence-electron chi connectivity index (χ2n) is 10.2. The number of hydrogen-bond acceptors (Lipinski definition) is 15. The Hall–Kier alpha value is -7.45. The average molecular weight is 787 g/mol. The highest BCUT2D eigenvalue weighted by atomic mass is 16.6. The Labute approximate surface area is 311 Å². The average Bonchev–Trinajstić information content (AvgIpc) is 2.98. The predicted molar refractivity (Wildman–Crippen MR) is 185 cm³/mol. The second-order valence-corrected chi connectivity index (χ2v) is 10.2. The first-order valence-electron chi connectivity index (χ1n) is 14.8. The van der Waals surface area contributed by atoms with E-state index in [0.717, 1.165) is 59.7 Å². The van der Waals surface area contributed by atoms with Crippen molar-refractivity contribution < 1.29 is 104 Å². The van der Waals surface area contributed by atoms with Crippen molar-refractivity contribution in [3.8, 4) is 40.2 Å². The zero-order valence-electron chi connectivity index (χ0n) is 30.0. The standard InChI is InChI=1S/C22H18O9.6C2H4O2/c23-12-3-1-10(2-4-12)21-19(9-14-15(25)7-13(24)8-18(14)30-21)31-22(29)11-5-16(26)20(28)17(27)6-11;6*1-2(3)4/h1-8,19,21,23-28H,9H2;6*1H3,(H,3,4)/t19-,21-;;;;;;/m1....../s1. The molecular weight excluding hydrogens is 744 g/mol. The van der Waals surface area contributed by atoms with Crippen molar-refractivity contribution in [1.29, 1.82) is 0 Å². The third-order valence-corrected chi connectivity index (χ3v) is 4.95. The van der Waals surface area contributed by atoms with Gasteiger partial charge in [0.1, 0.15) is 29.1 Å². The molecule has 1 aliphatic heterocycles. The molecule has 3 aromatic carbocycles. The number of phenolic OH excluding ortho intramolecular Hbond substituents is 6. The zero-order valence-corrected chi connectivity index (χ0v) is 30.0. The fourth-order valence-electron chi connectivity index (χ4n) is 3.43. The molecule has 0 fully saturated rings. The van der Waals surface area contributed by atoms with Crippen LogP contribution in [0, 0.1) is 0 Å². The number of ether oxygens (including phenoxy) is 2. The zero-order chi connectivity index (χ0) is 43.7. The fraction of sp³-hybridized carbons (Fsp3) is 0.265. The predicted octanol–water partition coefficient (Wildman–Crippen LogP) is 3.37. The highest BCUT2D eigenvalue weighted by Gasteiger charge is 2.36. The first-order valence-corrected chi connectivity index (χ1v) is 14.8. The maximum Gasteiger partial charge on any atom is 0.338 e. The number of hydrogen-bond donors (Lipinski definition) is 12. The Balaban J connectivity index is -0.000000920. The molecule has 2 atom stereocenters. The number of carbonyl (C=O) groups is 7. The quantitative estimate of drug-likeness (QED) is 0.134. The van der Waals surface area contributed by atoms with Crippen LogP contribution >= 0.6 is 0 Å². The summed E-state index contributed by atoms with van der Waals surface area (Å²) >= 11 is 0. The molecule has 0 unspecified atom stereocenters. The Morgan fingerprint density at radius 1 is 0.545 bits per heavy atom. The lowest BCUT2D eigenvalue weighted by Gasteiger charge is -2.34. The van der Waals surface area contributed by atoms with Gasteiger partial charge in [-0.1, -0.05) is 12.1 Å². The van der Waals surface area contributed by atoms with Crippen LogP contribution in [0.15, 0.2) is 48.5 Å². The van der Waals surface area contributed by atoms with E-state index in [4.69, 9.17) is 68.9 Å². The van der Waals surface area contributed by atoms with E-state index in [0.29, 0.717) is 11.1 Å². The molecule has 1 aliphatic rings. The van der Waals surface area contributed by atoms with E-state index in [1.165, 1.54) is 18.2 Å². The molecule has 4 rings (SSSR count). The molecule has 21 nitrogen and oxygen atoms in total. The van der Waals surface area contributed by atoms with Crippen molar-refractivity contribution in [2.75, 3.05) is 0 Å². The van der Waals surface area contributed by atoms with Crippen LogP contribution in [-0.4, -0.2) is 109 Å². The summed E-state index contributed by atoms with van der Waals surface area (Å²) in [5, 5.41) is 103. The summed E-state index contributed by atoms with van der Waals surface area (Å²) in [6.45, 7) is 6.50. The Morgan fingerprint density at radius 2 is 0.909 bits per heavy atom. The molecule has 0 saturated heterocycles. The summed E-state index contributed by atoms with van der Waals surface area (Å²) in [5.41, 5.74) is 0.667. The van der Waals surface area contributed by atoms with Gasteiger partial charge in [-0.3, -0.25) is 28.8 Å². The van der Waals surface area contributed by atoms with Gasteiger partial charge in [0.05, 0.1) is 5.56 Å². The molecule has 12 N–H and O–H groups in total. The van der Waals surface area contributed by atoms with Crippen LogP contribution < -0.4 is 4.74 Å². The molecule has 3 aromatic rings. The molecule has 21 heteroatoms. The first-order chi connectivity index (χ1) is 25.1. The number of carboxylic acid groups (broad SMARTS) is 6. The lowest BCUT2D eigenvalue weighted by Crippen LogP contribution is -2.34. The van der Waals surface area contributed by atoms with Crippen LogP contribution in [-0.2, 0) is 39.9 Å². The Kier molecular flexibility index (Phi) is 24.9. The van der Waals surface area contributed by atoms with Crippen molar-refractivity contribution in [3.05, 3.63) is 65.2 Å². The number of benzene rings is 3. The lowest BCUT2D eigenvalue weighted by atomic mass is 9.93. The van der Waals surface area contributed by atoms with Crippen molar-refractivity contribution in [1.82, 2.24) is 0 Å². The van der Waals surface area contributed by atoms with Crippen LogP contribution in [0.5, 0.6) is 40.2 Å². The summed E-state index contributed by atoms with van der Waals surface area (Å²) < 4.78 is 11.5. The largest absolute Gasteiger partial charge is 0.508 e. The normalized spacial score (nSPS) is 12.5. The molecular formula is C34H42O21. The van der Waals surface area contributed by atoms with E-state index in [-0.39, 0.29) is 35.0 Å². The third-order valence-electron chi connectivity index (χ3n) is 4.95. The van der Waals surface area contributed by atoms with E-state index in [2.05, 4.69) is 0 Å². The van der Waals surface area contributed by atoms with Crippen LogP contribution in [0.3, 0.4) is 0 Å². The number of phenols is 6. The summed E-state index contributed by atoms with van der Waals surface area (Å²) in [4.78, 5) is 66.7. The minimum Gasteiger partial charge on any atom is -0.508 e. The summed E-state index contributed by atoms with van der Waals surface area (Å²) in [7, 11) is 0. The van der Waals surface area contributed by atoms with Crippen LogP contribution in [0.2, 0.25) is 0 Å². The number of esters is 1. The number of aliphatic carboxylic acids is 6. The van der Waals surface area contributed by atoms with Crippen molar-refractivity contribution >= 4 is 41.8 Å². The first kappa shape index (κ1) is 51.9. The number of fused-ring (bicyclic) bond motifs is 1. The molecule has 0 aromatic heterocycles. The topological polar surface area (TPSA) is 381 Å². The molecule has 304 valence electrons. The van der Waals surface area contributed by atoms with Gasteiger partial charge in [-0.25, -0.2) is 4.79 Å². The molecule has 0 saturated carbocycles. The molecule has 0 radical (unpaired) electrons. The van der Waals surface area contributed by atoms with Gasteiger partial charge in [-0.15, -0.1) is 0 Å². The number of carbonyl (C=O) groups excluding carboxylic acids is 1. The van der Waals surface area contributed by atoms with Gasteiger partial charge in [0.25, 0.3) is 35.8 Å². The summed E-state index contributed by atoms with van der Waals surface area (Å²) in [6, 6.07) is 10.4. The third kappa shape index (κ3) is 27.0. The van der Waals surface area contributed by atoms with Crippen molar-refractivity contribution in [2.45, 2.75) is 60.2 Å². The van der Waals surface area contributed by atoms with E-state index in [1.54, 1.807) is 12.1 Å². The lowest BCUT2D eigenvalue weighted by molar-refractivity contribution is -0.135. The highest BCUT2D eigenvalue weighted by Crippen LogP contribution is 2.43. The van der Waals surface area contributed by atoms with E-state index < -0.39 is 71.2 Å². The number of aromatic hydroxyl groups is 6. The maximum absolute atomic E-state index is 12.7. The highest BCUT2D eigenvalue weighted by molar-refractivity contribution is 5.91. The molecule has 1 heterocycles. The number of carboxylic acids is 6. The van der Waals surface area contributed by atoms with Gasteiger partial charge < -0.3 is 70.8 Å². The Morgan fingerprint density at radius 3 is 1.27 bits per heavy atom. The summed E-state index contributed by atoms with van der Waals surface area (Å²) in [6.07, 6.45) is -1.76. The van der Waals surface area contributed by atoms with Gasteiger partial charge >= 0.3 is 5.97 Å². The van der Waals surface area contributed by atoms with E-state index >= 15 is 0 Å². The van der Waals surface area contributed by atoms with Gasteiger partial charge in [0.15, 0.2) is 23.4 Å². The van der Waals surface area contributed by atoms with Gasteiger partial charge in [0, 0.05) is 65.7 Å². The monoisotopic (exact) mass is 786 g/mol. The van der Waals surface area contributed by atoms with Crippen molar-refractivity contribution in [2.24, 2.45) is 0 Å². The van der Waals surface area contributed by atoms with Gasteiger partial charge in [-0.05, 0) is 29.8 Å². The van der Waals surface area contributed by atoms with Crippen LogP contribution in [0.25, 0.3) is 0 Å². The maximum atomic E-state index is 12.7. The molecule has 55 heavy (non-hydrogen) atoms. The molecule has 0 spiro atoms. The SMILES string of the molecule is CC(=O)O.CC(=O)O.CC(=O)O.CC(=O)O.CC(=O)O.CC(=O)O.O=C(O[C@@H]1Cc2c(O)cc(O)cc2O[C@@H]1c1ccc(O)cc1)c1cc(O)c(O)c(O)c1. The van der Waals surface area contributed by atoms with Gasteiger partial charge in [0.2, 0.25) is 0 Å². The minimum absolute atomic E-state index is 0.0267.